The van der Waals surface area contributed by atoms with Crippen molar-refractivity contribution in [2.75, 3.05) is 19.5 Å². The lowest BCUT2D eigenvalue weighted by molar-refractivity contribution is -0.110. The summed E-state index contributed by atoms with van der Waals surface area (Å²) in [5, 5.41) is 12.4. The quantitative estimate of drug-likeness (QED) is 0.530. The summed E-state index contributed by atoms with van der Waals surface area (Å²) >= 11 is 0. The number of aryl methyl sites for hydroxylation is 1. The van der Waals surface area contributed by atoms with Gasteiger partial charge in [-0.1, -0.05) is 18.2 Å². The van der Waals surface area contributed by atoms with Gasteiger partial charge in [0.1, 0.15) is 0 Å². The van der Waals surface area contributed by atoms with Crippen molar-refractivity contribution >= 4 is 29.2 Å². The molecule has 0 saturated carbocycles. The topological polar surface area (TPSA) is 101 Å². The second kappa shape index (κ2) is 7.68. The maximum absolute atomic E-state index is 12.8. The van der Waals surface area contributed by atoms with Crippen LogP contribution in [0, 0.1) is 13.8 Å². The first-order valence-electron chi connectivity index (χ1n) is 9.67. The molecule has 1 aromatic heterocycles. The number of carbonyl (C=O) groups excluding carboxylic acids is 1. The fraction of sp³-hybridized carbons (Fsp3) is 0.167. The Labute approximate surface area is 179 Å². The number of carboxylic acid groups (broad SMARTS) is 1. The number of anilines is 1. The van der Waals surface area contributed by atoms with Crippen LogP contribution in [0.15, 0.2) is 36.4 Å². The maximum Gasteiger partial charge on any atom is 0.337 e. The van der Waals surface area contributed by atoms with Crippen LogP contribution < -0.4 is 14.8 Å². The molecule has 31 heavy (non-hydrogen) atoms. The molecule has 0 unspecified atom stereocenters. The monoisotopic (exact) mass is 418 g/mol. The fourth-order valence-corrected chi connectivity index (χ4v) is 4.02. The van der Waals surface area contributed by atoms with Crippen molar-refractivity contribution in [3.05, 3.63) is 64.5 Å². The first-order valence-corrected chi connectivity index (χ1v) is 9.67. The molecule has 3 aromatic rings. The number of aromatic nitrogens is 1. The molecule has 1 aliphatic heterocycles. The average molecular weight is 418 g/mol. The average Bonchev–Trinajstić information content (AvgIpc) is 3.22. The molecule has 4 rings (SSSR count). The highest BCUT2D eigenvalue weighted by Crippen LogP contribution is 2.42. The zero-order chi connectivity index (χ0) is 22.3. The Balaban J connectivity index is 1.89. The van der Waals surface area contributed by atoms with Crippen LogP contribution in [-0.2, 0) is 4.79 Å². The van der Waals surface area contributed by atoms with E-state index < -0.39 is 5.97 Å². The molecule has 1 aliphatic rings. The van der Waals surface area contributed by atoms with Gasteiger partial charge in [0.2, 0.25) is 0 Å². The van der Waals surface area contributed by atoms with E-state index in [0.29, 0.717) is 39.7 Å². The van der Waals surface area contributed by atoms with Crippen LogP contribution >= 0.6 is 0 Å². The Morgan fingerprint density at radius 1 is 1.06 bits per heavy atom. The van der Waals surface area contributed by atoms with Crippen molar-refractivity contribution in [3.8, 4) is 22.6 Å². The number of amides is 1. The van der Waals surface area contributed by atoms with Crippen LogP contribution in [-0.4, -0.2) is 36.2 Å². The minimum Gasteiger partial charge on any atom is -0.493 e. The lowest BCUT2D eigenvalue weighted by atomic mass is 9.94. The number of rotatable bonds is 5. The Morgan fingerprint density at radius 3 is 2.45 bits per heavy atom. The van der Waals surface area contributed by atoms with Crippen LogP contribution in [0.4, 0.5) is 5.69 Å². The number of H-pyrrole nitrogens is 1. The van der Waals surface area contributed by atoms with Gasteiger partial charge < -0.3 is 24.9 Å². The SMILES string of the molecule is COc1ccc(-c2cccc3c2/C(=C/c2[nH]c(C)c(C(=O)O)c2C)C(=O)N3)cc1OC. The summed E-state index contributed by atoms with van der Waals surface area (Å²) in [5.41, 5.74) is 5.57. The fourth-order valence-electron chi connectivity index (χ4n) is 4.02. The van der Waals surface area contributed by atoms with Gasteiger partial charge in [0.25, 0.3) is 5.91 Å². The van der Waals surface area contributed by atoms with Crippen LogP contribution in [0.1, 0.15) is 32.9 Å². The predicted molar refractivity (Wildman–Crippen MR) is 119 cm³/mol. The molecule has 0 spiro atoms. The zero-order valence-corrected chi connectivity index (χ0v) is 17.6. The van der Waals surface area contributed by atoms with E-state index in [1.165, 1.54) is 0 Å². The molecule has 0 atom stereocenters. The molecule has 0 fully saturated rings. The molecule has 0 aliphatic carbocycles. The number of hydrogen-bond acceptors (Lipinski definition) is 4. The number of methoxy groups -OCH3 is 2. The van der Waals surface area contributed by atoms with Crippen molar-refractivity contribution < 1.29 is 24.2 Å². The van der Waals surface area contributed by atoms with Crippen LogP contribution in [0.25, 0.3) is 22.8 Å². The molecular weight excluding hydrogens is 396 g/mol. The minimum atomic E-state index is -1.00. The van der Waals surface area contributed by atoms with Crippen LogP contribution in [0.3, 0.4) is 0 Å². The van der Waals surface area contributed by atoms with Gasteiger partial charge >= 0.3 is 5.97 Å². The Bertz CT molecular complexity index is 1250. The van der Waals surface area contributed by atoms with Crippen molar-refractivity contribution in [1.82, 2.24) is 4.98 Å². The summed E-state index contributed by atoms with van der Waals surface area (Å²) < 4.78 is 10.8. The van der Waals surface area contributed by atoms with Gasteiger partial charge in [-0.05, 0) is 54.8 Å². The smallest absolute Gasteiger partial charge is 0.337 e. The van der Waals surface area contributed by atoms with Gasteiger partial charge in [-0.25, -0.2) is 4.79 Å². The third-order valence-corrected chi connectivity index (χ3v) is 5.50. The molecule has 0 bridgehead atoms. The van der Waals surface area contributed by atoms with Crippen molar-refractivity contribution in [2.24, 2.45) is 0 Å². The zero-order valence-electron chi connectivity index (χ0n) is 17.6. The molecule has 7 nitrogen and oxygen atoms in total. The number of carbonyl (C=O) groups is 2. The van der Waals surface area contributed by atoms with E-state index in [-0.39, 0.29) is 11.5 Å². The van der Waals surface area contributed by atoms with E-state index in [9.17, 15) is 14.7 Å². The Kier molecular flexibility index (Phi) is 5.02. The summed E-state index contributed by atoms with van der Waals surface area (Å²) in [7, 11) is 3.15. The van der Waals surface area contributed by atoms with Gasteiger partial charge in [-0.2, -0.15) is 0 Å². The number of hydrogen-bond donors (Lipinski definition) is 3. The van der Waals surface area contributed by atoms with E-state index >= 15 is 0 Å². The number of carboxylic acids is 1. The molecule has 3 N–H and O–H groups in total. The van der Waals surface area contributed by atoms with E-state index in [4.69, 9.17) is 9.47 Å². The van der Waals surface area contributed by atoms with Crippen LogP contribution in [0.5, 0.6) is 11.5 Å². The van der Waals surface area contributed by atoms with E-state index in [2.05, 4.69) is 10.3 Å². The highest BCUT2D eigenvalue weighted by atomic mass is 16.5. The van der Waals surface area contributed by atoms with Crippen molar-refractivity contribution in [3.63, 3.8) is 0 Å². The van der Waals surface area contributed by atoms with E-state index in [1.54, 1.807) is 34.1 Å². The molecule has 2 heterocycles. The molecule has 7 heteroatoms. The van der Waals surface area contributed by atoms with Gasteiger partial charge in [-0.15, -0.1) is 0 Å². The van der Waals surface area contributed by atoms with Crippen molar-refractivity contribution in [2.45, 2.75) is 13.8 Å². The van der Waals surface area contributed by atoms with Gasteiger partial charge in [0.05, 0.1) is 25.4 Å². The number of fused-ring (bicyclic) bond motifs is 1. The summed E-state index contributed by atoms with van der Waals surface area (Å²) in [6, 6.07) is 11.2. The van der Waals surface area contributed by atoms with Gasteiger partial charge in [0, 0.05) is 22.6 Å². The number of aromatic carboxylic acids is 1. The highest BCUT2D eigenvalue weighted by Gasteiger charge is 2.28. The van der Waals surface area contributed by atoms with E-state index in [1.807, 2.05) is 36.4 Å². The predicted octanol–water partition coefficient (Wildman–Crippen LogP) is 4.51. The molecule has 1 amide bonds. The first-order chi connectivity index (χ1) is 14.8. The molecule has 0 radical (unpaired) electrons. The van der Waals surface area contributed by atoms with E-state index in [0.717, 1.165) is 16.7 Å². The van der Waals surface area contributed by atoms with Gasteiger partial charge in [0.15, 0.2) is 11.5 Å². The summed E-state index contributed by atoms with van der Waals surface area (Å²) in [6.45, 7) is 3.43. The maximum atomic E-state index is 12.8. The van der Waals surface area contributed by atoms with Gasteiger partial charge in [-0.3, -0.25) is 4.79 Å². The minimum absolute atomic E-state index is 0.221. The summed E-state index contributed by atoms with van der Waals surface area (Å²) in [5.74, 6) is -0.0468. The number of ether oxygens (including phenoxy) is 2. The third-order valence-electron chi connectivity index (χ3n) is 5.50. The molecule has 158 valence electrons. The van der Waals surface area contributed by atoms with Crippen LogP contribution in [0.2, 0.25) is 0 Å². The largest absolute Gasteiger partial charge is 0.493 e. The Morgan fingerprint density at radius 2 is 1.81 bits per heavy atom. The summed E-state index contributed by atoms with van der Waals surface area (Å²) in [6.07, 6.45) is 1.71. The second-order valence-electron chi connectivity index (χ2n) is 7.28. The Hall–Kier alpha value is -4.00. The molecule has 2 aromatic carbocycles. The summed E-state index contributed by atoms with van der Waals surface area (Å²) in [4.78, 5) is 27.5. The molecular formula is C24H22N2O5. The van der Waals surface area contributed by atoms with Crippen molar-refractivity contribution in [1.29, 1.82) is 0 Å². The number of nitrogens with one attached hydrogen (secondary N) is 2. The highest BCUT2D eigenvalue weighted by molar-refractivity contribution is 6.36. The normalized spacial score (nSPS) is 13.8. The molecule has 0 saturated heterocycles. The first kappa shape index (κ1) is 20.3. The second-order valence-corrected chi connectivity index (χ2v) is 7.28. The number of benzene rings is 2. The lowest BCUT2D eigenvalue weighted by Gasteiger charge is -2.12. The third kappa shape index (κ3) is 3.34. The standard InChI is InChI=1S/C24H22N2O5/c1-12-18(25-13(2)21(12)24(28)29)11-16-22-15(6-5-7-17(22)26-23(16)27)14-8-9-19(30-3)20(10-14)31-4/h5-11,25H,1-4H3,(H,26,27)(H,28,29)/b16-11-. The number of aromatic amines is 1. The lowest BCUT2D eigenvalue weighted by Crippen LogP contribution is -2.03.